The number of halogens is 1. The average Bonchev–Trinajstić information content (AvgIpc) is 2.82. The third kappa shape index (κ3) is 1.78. The molecule has 1 N–H and O–H groups in total. The number of rotatable bonds is 2. The van der Waals surface area contributed by atoms with Gasteiger partial charge in [-0.15, -0.1) is 0 Å². The Balaban J connectivity index is 2.17. The number of imidazole rings is 1. The van der Waals surface area contributed by atoms with Gasteiger partial charge in [0.05, 0.1) is 17.6 Å². The molecule has 0 radical (unpaired) electrons. The Bertz CT molecular complexity index is 706. The Kier molecular flexibility index (Phi) is 2.78. The molecule has 0 aliphatic rings. The van der Waals surface area contributed by atoms with E-state index in [1.165, 1.54) is 0 Å². The standard InChI is InChI=1S/C14H11ClN2O/c15-12-7-11(6-5-10(12)8-18)17-9-16-13-3-1-2-4-14(13)17/h1-7,9,18H,8H2. The van der Waals surface area contributed by atoms with E-state index in [9.17, 15) is 0 Å². The second-order valence-electron chi connectivity index (χ2n) is 4.04. The van der Waals surface area contributed by atoms with Crippen LogP contribution in [0.2, 0.25) is 5.02 Å². The monoisotopic (exact) mass is 258 g/mol. The van der Waals surface area contributed by atoms with Gasteiger partial charge in [-0.1, -0.05) is 29.8 Å². The van der Waals surface area contributed by atoms with Gasteiger partial charge in [0.1, 0.15) is 6.33 Å². The van der Waals surface area contributed by atoms with Gasteiger partial charge in [0.25, 0.3) is 0 Å². The van der Waals surface area contributed by atoms with E-state index in [0.29, 0.717) is 5.02 Å². The van der Waals surface area contributed by atoms with E-state index in [0.717, 1.165) is 22.3 Å². The van der Waals surface area contributed by atoms with Crippen LogP contribution in [-0.2, 0) is 6.61 Å². The first-order chi connectivity index (χ1) is 8.79. The molecule has 0 amide bonds. The molecule has 0 aliphatic heterocycles. The van der Waals surface area contributed by atoms with Crippen molar-refractivity contribution in [1.29, 1.82) is 0 Å². The first-order valence-electron chi connectivity index (χ1n) is 5.61. The molecule has 0 saturated carbocycles. The molecule has 4 heteroatoms. The molecule has 0 atom stereocenters. The van der Waals surface area contributed by atoms with Crippen LogP contribution >= 0.6 is 11.6 Å². The number of nitrogens with zero attached hydrogens (tertiary/aromatic N) is 2. The molecular weight excluding hydrogens is 248 g/mol. The molecule has 90 valence electrons. The highest BCUT2D eigenvalue weighted by atomic mass is 35.5. The maximum Gasteiger partial charge on any atom is 0.100 e. The number of hydrogen-bond donors (Lipinski definition) is 1. The van der Waals surface area contributed by atoms with Crippen LogP contribution in [0.15, 0.2) is 48.8 Å². The number of aliphatic hydroxyl groups is 1. The molecule has 0 fully saturated rings. The molecule has 18 heavy (non-hydrogen) atoms. The molecule has 0 unspecified atom stereocenters. The Labute approximate surface area is 109 Å². The molecule has 1 heterocycles. The van der Waals surface area contributed by atoms with E-state index >= 15 is 0 Å². The predicted octanol–water partition coefficient (Wildman–Crippen LogP) is 3.17. The van der Waals surface area contributed by atoms with Gasteiger partial charge >= 0.3 is 0 Å². The zero-order chi connectivity index (χ0) is 12.5. The maximum atomic E-state index is 9.11. The van der Waals surface area contributed by atoms with Crippen molar-refractivity contribution in [2.24, 2.45) is 0 Å². The summed E-state index contributed by atoms with van der Waals surface area (Å²) in [5.41, 5.74) is 3.64. The molecular formula is C14H11ClN2O. The normalized spacial score (nSPS) is 11.0. The van der Waals surface area contributed by atoms with Crippen molar-refractivity contribution < 1.29 is 5.11 Å². The number of hydrogen-bond acceptors (Lipinski definition) is 2. The quantitative estimate of drug-likeness (QED) is 0.767. The minimum atomic E-state index is -0.0518. The van der Waals surface area contributed by atoms with Gasteiger partial charge in [-0.3, -0.25) is 4.57 Å². The zero-order valence-corrected chi connectivity index (χ0v) is 10.3. The highest BCUT2D eigenvalue weighted by Crippen LogP contribution is 2.23. The average molecular weight is 259 g/mol. The molecule has 3 rings (SSSR count). The number of fused-ring (bicyclic) bond motifs is 1. The molecule has 0 bridgehead atoms. The highest BCUT2D eigenvalue weighted by Gasteiger charge is 2.06. The Morgan fingerprint density at radius 2 is 2.00 bits per heavy atom. The van der Waals surface area contributed by atoms with Crippen LogP contribution in [0.4, 0.5) is 0 Å². The molecule has 1 aromatic heterocycles. The van der Waals surface area contributed by atoms with E-state index < -0.39 is 0 Å². The molecule has 3 nitrogen and oxygen atoms in total. The summed E-state index contributed by atoms with van der Waals surface area (Å²) in [7, 11) is 0. The third-order valence-electron chi connectivity index (χ3n) is 2.94. The van der Waals surface area contributed by atoms with Crippen LogP contribution in [0.1, 0.15) is 5.56 Å². The largest absolute Gasteiger partial charge is 0.392 e. The van der Waals surface area contributed by atoms with E-state index in [1.807, 2.05) is 47.0 Å². The summed E-state index contributed by atoms with van der Waals surface area (Å²) >= 11 is 6.10. The van der Waals surface area contributed by atoms with Gasteiger partial charge in [0, 0.05) is 10.7 Å². The van der Waals surface area contributed by atoms with E-state index in [2.05, 4.69) is 4.98 Å². The van der Waals surface area contributed by atoms with Crippen LogP contribution in [0.25, 0.3) is 16.7 Å². The lowest BCUT2D eigenvalue weighted by Crippen LogP contribution is -1.93. The SMILES string of the molecule is OCc1ccc(-n2cnc3ccccc32)cc1Cl. The van der Waals surface area contributed by atoms with Gasteiger partial charge in [0.15, 0.2) is 0 Å². The lowest BCUT2D eigenvalue weighted by atomic mass is 10.2. The predicted molar refractivity (Wildman–Crippen MR) is 72.0 cm³/mol. The smallest absolute Gasteiger partial charge is 0.100 e. The maximum absolute atomic E-state index is 9.11. The minimum absolute atomic E-state index is 0.0518. The van der Waals surface area contributed by atoms with Crippen LogP contribution < -0.4 is 0 Å². The van der Waals surface area contributed by atoms with Crippen molar-refractivity contribution in [1.82, 2.24) is 9.55 Å². The molecule has 3 aromatic rings. The number of benzene rings is 2. The van der Waals surface area contributed by atoms with Gasteiger partial charge in [-0.05, 0) is 29.8 Å². The highest BCUT2D eigenvalue weighted by molar-refractivity contribution is 6.31. The summed E-state index contributed by atoms with van der Waals surface area (Å²) in [6.45, 7) is -0.0518. The number of aromatic nitrogens is 2. The molecule has 0 aliphatic carbocycles. The fourth-order valence-electron chi connectivity index (χ4n) is 1.98. The van der Waals surface area contributed by atoms with Crippen LogP contribution in [0, 0.1) is 0 Å². The van der Waals surface area contributed by atoms with Crippen molar-refractivity contribution >= 4 is 22.6 Å². The summed E-state index contributed by atoms with van der Waals surface area (Å²) in [6.07, 6.45) is 1.77. The summed E-state index contributed by atoms with van der Waals surface area (Å²) in [6, 6.07) is 13.5. The van der Waals surface area contributed by atoms with Crippen LogP contribution in [0.3, 0.4) is 0 Å². The van der Waals surface area contributed by atoms with Crippen LogP contribution in [-0.4, -0.2) is 14.7 Å². The summed E-state index contributed by atoms with van der Waals surface area (Å²) in [4.78, 5) is 4.34. The molecule has 0 spiro atoms. The van der Waals surface area contributed by atoms with Crippen molar-refractivity contribution in [2.45, 2.75) is 6.61 Å². The Morgan fingerprint density at radius 1 is 1.17 bits per heavy atom. The van der Waals surface area contributed by atoms with Crippen LogP contribution in [0.5, 0.6) is 0 Å². The third-order valence-corrected chi connectivity index (χ3v) is 3.29. The van der Waals surface area contributed by atoms with Crippen molar-refractivity contribution in [3.8, 4) is 5.69 Å². The fraction of sp³-hybridized carbons (Fsp3) is 0.0714. The summed E-state index contributed by atoms with van der Waals surface area (Å²) < 4.78 is 1.97. The second-order valence-corrected chi connectivity index (χ2v) is 4.44. The van der Waals surface area contributed by atoms with Gasteiger partial charge in [0.2, 0.25) is 0 Å². The number of aliphatic hydroxyl groups excluding tert-OH is 1. The second kappa shape index (κ2) is 4.44. The fourth-order valence-corrected chi connectivity index (χ4v) is 2.21. The van der Waals surface area contributed by atoms with Gasteiger partial charge in [-0.2, -0.15) is 0 Å². The van der Waals surface area contributed by atoms with Crippen molar-refractivity contribution in [2.75, 3.05) is 0 Å². The topological polar surface area (TPSA) is 38.0 Å². The van der Waals surface area contributed by atoms with Crippen molar-refractivity contribution in [3.05, 3.63) is 59.4 Å². The van der Waals surface area contributed by atoms with Gasteiger partial charge < -0.3 is 5.11 Å². The lowest BCUT2D eigenvalue weighted by Gasteiger charge is -2.07. The van der Waals surface area contributed by atoms with E-state index in [4.69, 9.17) is 16.7 Å². The summed E-state index contributed by atoms with van der Waals surface area (Å²) in [5.74, 6) is 0. The Hall–Kier alpha value is -1.84. The Morgan fingerprint density at radius 3 is 2.78 bits per heavy atom. The van der Waals surface area contributed by atoms with E-state index in [1.54, 1.807) is 6.33 Å². The first-order valence-corrected chi connectivity index (χ1v) is 5.99. The number of para-hydroxylation sites is 2. The van der Waals surface area contributed by atoms with Crippen molar-refractivity contribution in [3.63, 3.8) is 0 Å². The zero-order valence-electron chi connectivity index (χ0n) is 9.55. The first kappa shape index (κ1) is 11.3. The van der Waals surface area contributed by atoms with E-state index in [-0.39, 0.29) is 6.61 Å². The van der Waals surface area contributed by atoms with Gasteiger partial charge in [-0.25, -0.2) is 4.98 Å². The minimum Gasteiger partial charge on any atom is -0.392 e. The molecule has 2 aromatic carbocycles. The summed E-state index contributed by atoms with van der Waals surface area (Å²) in [5, 5.41) is 9.67. The lowest BCUT2D eigenvalue weighted by molar-refractivity contribution is 0.282. The molecule has 0 saturated heterocycles.